The molecule has 0 spiro atoms. The monoisotopic (exact) mass is 546 g/mol. The van der Waals surface area contributed by atoms with E-state index in [9.17, 15) is 19.8 Å². The number of allylic oxidation sites excluding steroid dienone is 1. The van der Waals surface area contributed by atoms with Gasteiger partial charge in [0, 0.05) is 19.3 Å². The lowest BCUT2D eigenvalue weighted by Crippen LogP contribution is -2.64. The van der Waals surface area contributed by atoms with E-state index in [2.05, 4.69) is 34.3 Å². The maximum absolute atomic E-state index is 12.5. The molecule has 0 heterocycles. The summed E-state index contributed by atoms with van der Waals surface area (Å²) in [4.78, 5) is 24.8. The molecule has 0 aliphatic heterocycles. The molecule has 0 radical (unpaired) electrons. The maximum atomic E-state index is 12.5. The molecular formula is C33H54O6. The first-order chi connectivity index (χ1) is 17.8. The van der Waals surface area contributed by atoms with Gasteiger partial charge in [0.05, 0.1) is 18.3 Å². The average Bonchev–Trinajstić information content (AvgIpc) is 3.18. The lowest BCUT2D eigenvalue weighted by Gasteiger charge is -2.67. The van der Waals surface area contributed by atoms with Crippen LogP contribution >= 0.6 is 0 Å². The standard InChI is InChI=1S/C33H54O6/c1-21(2)23-12-18-31(7)26(30(23,6)17-14-27(35)38-10)20-25(39-22(3)34)28-24(13-19-32(28,31)8)33(9,37)16-11-15-29(4,5)36/h11,15,23-26,28,36-37H,1,12-14,16-20H2,2-10H3/b15-11+/t23-,24-,25+,26+,28-,30-,31+,32+,33-/m0/s1. The third-order valence-corrected chi connectivity index (χ3v) is 11.5. The summed E-state index contributed by atoms with van der Waals surface area (Å²) in [6, 6.07) is 0. The molecule has 3 rings (SSSR count). The van der Waals surface area contributed by atoms with E-state index in [1.807, 2.05) is 13.0 Å². The summed E-state index contributed by atoms with van der Waals surface area (Å²) in [5.41, 5.74) is -1.21. The van der Waals surface area contributed by atoms with Crippen LogP contribution in [0.25, 0.3) is 0 Å². The van der Waals surface area contributed by atoms with Crippen molar-refractivity contribution in [3.8, 4) is 0 Å². The Balaban J connectivity index is 2.07. The number of hydrogen-bond donors (Lipinski definition) is 2. The third kappa shape index (κ3) is 5.88. The molecule has 222 valence electrons. The van der Waals surface area contributed by atoms with Gasteiger partial charge in [-0.25, -0.2) is 0 Å². The second kappa shape index (κ2) is 11.0. The van der Waals surface area contributed by atoms with Gasteiger partial charge in [0.2, 0.25) is 0 Å². The first-order valence-electron chi connectivity index (χ1n) is 14.8. The van der Waals surface area contributed by atoms with Crippen LogP contribution in [-0.2, 0) is 19.1 Å². The van der Waals surface area contributed by atoms with Crippen molar-refractivity contribution in [1.82, 2.24) is 0 Å². The van der Waals surface area contributed by atoms with E-state index in [-0.39, 0.29) is 58.0 Å². The molecule has 39 heavy (non-hydrogen) atoms. The topological polar surface area (TPSA) is 93.1 Å². The van der Waals surface area contributed by atoms with Gasteiger partial charge in [-0.1, -0.05) is 45.1 Å². The van der Waals surface area contributed by atoms with Crippen LogP contribution in [0, 0.1) is 39.9 Å². The molecule has 3 fully saturated rings. The quantitative estimate of drug-likeness (QED) is 0.257. The van der Waals surface area contributed by atoms with E-state index in [1.54, 1.807) is 19.9 Å². The van der Waals surface area contributed by atoms with Crippen LogP contribution in [0.5, 0.6) is 0 Å². The Morgan fingerprint density at radius 2 is 1.67 bits per heavy atom. The fraction of sp³-hybridized carbons (Fsp3) is 0.818. The van der Waals surface area contributed by atoms with E-state index >= 15 is 0 Å². The summed E-state index contributed by atoms with van der Waals surface area (Å²) in [5, 5.41) is 22.0. The molecule has 0 amide bonds. The Kier molecular flexibility index (Phi) is 8.96. The minimum absolute atomic E-state index is 0.0134. The van der Waals surface area contributed by atoms with Gasteiger partial charge < -0.3 is 19.7 Å². The van der Waals surface area contributed by atoms with Gasteiger partial charge in [-0.2, -0.15) is 0 Å². The largest absolute Gasteiger partial charge is 0.469 e. The molecule has 3 aliphatic rings. The number of aliphatic hydroxyl groups is 2. The van der Waals surface area contributed by atoms with E-state index < -0.39 is 11.2 Å². The molecule has 0 aromatic heterocycles. The zero-order chi connectivity index (χ0) is 29.6. The van der Waals surface area contributed by atoms with Crippen molar-refractivity contribution in [2.75, 3.05) is 7.11 Å². The number of hydrogen-bond acceptors (Lipinski definition) is 6. The van der Waals surface area contributed by atoms with Crippen LogP contribution in [0.3, 0.4) is 0 Å². The minimum Gasteiger partial charge on any atom is -0.469 e. The molecule has 0 bridgehead atoms. The van der Waals surface area contributed by atoms with Crippen molar-refractivity contribution < 1.29 is 29.3 Å². The van der Waals surface area contributed by atoms with Crippen molar-refractivity contribution in [1.29, 1.82) is 0 Å². The van der Waals surface area contributed by atoms with Crippen molar-refractivity contribution in [3.05, 3.63) is 24.3 Å². The molecule has 6 heteroatoms. The smallest absolute Gasteiger partial charge is 0.305 e. The number of fused-ring (bicyclic) bond motifs is 3. The maximum Gasteiger partial charge on any atom is 0.305 e. The SMILES string of the molecule is C=C(C)[C@@H]1CC[C@]2(C)[C@H](C[C@@H](OC(C)=O)[C@@H]3[C@@H]([C@@](C)(O)C/C=C/C(C)(C)O)CC[C@]32C)[C@@]1(C)CCC(=O)OC. The van der Waals surface area contributed by atoms with Crippen LogP contribution in [0.2, 0.25) is 0 Å². The van der Waals surface area contributed by atoms with Crippen LogP contribution in [0.4, 0.5) is 0 Å². The summed E-state index contributed by atoms with van der Waals surface area (Å²) >= 11 is 0. The van der Waals surface area contributed by atoms with Crippen LogP contribution in [0.1, 0.15) is 107 Å². The highest BCUT2D eigenvalue weighted by atomic mass is 16.5. The number of ether oxygens (including phenoxy) is 2. The molecule has 0 unspecified atom stereocenters. The summed E-state index contributed by atoms with van der Waals surface area (Å²) in [5.74, 6) is -0.0333. The van der Waals surface area contributed by atoms with Crippen molar-refractivity contribution in [3.63, 3.8) is 0 Å². The highest BCUT2D eigenvalue weighted by molar-refractivity contribution is 5.69. The molecule has 0 aromatic carbocycles. The second-order valence-electron chi connectivity index (χ2n) is 14.6. The molecule has 3 saturated carbocycles. The molecule has 9 atom stereocenters. The summed E-state index contributed by atoms with van der Waals surface area (Å²) in [7, 11) is 1.44. The first kappa shape index (κ1) is 31.9. The second-order valence-corrected chi connectivity index (χ2v) is 14.6. The van der Waals surface area contributed by atoms with Crippen LogP contribution in [-0.4, -0.2) is 46.6 Å². The fourth-order valence-electron chi connectivity index (χ4n) is 9.49. The predicted molar refractivity (Wildman–Crippen MR) is 154 cm³/mol. The number of rotatable bonds is 9. The predicted octanol–water partition coefficient (Wildman–Crippen LogP) is 6.39. The normalized spacial score (nSPS) is 39.9. The zero-order valence-corrected chi connectivity index (χ0v) is 25.9. The summed E-state index contributed by atoms with van der Waals surface area (Å²) in [6.07, 6.45) is 9.35. The number of carbonyl (C=O) groups excluding carboxylic acids is 2. The molecule has 0 saturated heterocycles. The first-order valence-corrected chi connectivity index (χ1v) is 14.8. The highest BCUT2D eigenvalue weighted by Crippen LogP contribution is 2.74. The van der Waals surface area contributed by atoms with E-state index in [1.165, 1.54) is 14.0 Å². The minimum atomic E-state index is -1.01. The van der Waals surface area contributed by atoms with Gasteiger partial charge in [0.1, 0.15) is 6.10 Å². The fourth-order valence-corrected chi connectivity index (χ4v) is 9.49. The Hall–Kier alpha value is -1.66. The van der Waals surface area contributed by atoms with E-state index in [4.69, 9.17) is 9.47 Å². The highest BCUT2D eigenvalue weighted by Gasteiger charge is 2.70. The van der Waals surface area contributed by atoms with Gasteiger partial charge in [-0.15, -0.1) is 0 Å². The Morgan fingerprint density at radius 1 is 1.05 bits per heavy atom. The molecule has 2 N–H and O–H groups in total. The van der Waals surface area contributed by atoms with Gasteiger partial charge in [-0.05, 0) is 107 Å². The van der Waals surface area contributed by atoms with E-state index in [0.29, 0.717) is 25.7 Å². The van der Waals surface area contributed by atoms with Crippen LogP contribution < -0.4 is 0 Å². The lowest BCUT2D eigenvalue weighted by atomic mass is 9.37. The van der Waals surface area contributed by atoms with E-state index in [0.717, 1.165) is 31.3 Å². The Labute approximate surface area is 236 Å². The summed E-state index contributed by atoms with van der Waals surface area (Å²) < 4.78 is 11.2. The number of esters is 2. The summed E-state index contributed by atoms with van der Waals surface area (Å²) in [6.45, 7) is 20.4. The Bertz CT molecular complexity index is 975. The van der Waals surface area contributed by atoms with Crippen molar-refractivity contribution >= 4 is 11.9 Å². The Morgan fingerprint density at radius 3 is 2.21 bits per heavy atom. The molecule has 6 nitrogen and oxygen atoms in total. The van der Waals surface area contributed by atoms with Gasteiger partial charge >= 0.3 is 11.9 Å². The van der Waals surface area contributed by atoms with Gasteiger partial charge in [-0.3, -0.25) is 9.59 Å². The van der Waals surface area contributed by atoms with Crippen molar-refractivity contribution in [2.24, 2.45) is 39.9 Å². The van der Waals surface area contributed by atoms with Crippen molar-refractivity contribution in [2.45, 2.75) is 124 Å². The molecule has 0 aromatic rings. The number of methoxy groups -OCH3 is 1. The average molecular weight is 547 g/mol. The zero-order valence-electron chi connectivity index (χ0n) is 25.9. The van der Waals surface area contributed by atoms with Crippen LogP contribution in [0.15, 0.2) is 24.3 Å². The van der Waals surface area contributed by atoms with Gasteiger partial charge in [0.25, 0.3) is 0 Å². The third-order valence-electron chi connectivity index (χ3n) is 11.5. The number of carbonyl (C=O) groups is 2. The lowest BCUT2D eigenvalue weighted by molar-refractivity contribution is -0.222. The van der Waals surface area contributed by atoms with Gasteiger partial charge in [0.15, 0.2) is 0 Å². The molecular weight excluding hydrogens is 492 g/mol. The molecule has 3 aliphatic carbocycles.